The van der Waals surface area contributed by atoms with Gasteiger partial charge in [0.2, 0.25) is 0 Å². The molecular formula is C29H24N2O4S. The van der Waals surface area contributed by atoms with E-state index in [1.54, 1.807) is 37.4 Å². The molecule has 6 nitrogen and oxygen atoms in total. The third kappa shape index (κ3) is 4.29. The number of thiazole rings is 1. The van der Waals surface area contributed by atoms with Crippen LogP contribution >= 0.6 is 11.3 Å². The van der Waals surface area contributed by atoms with Gasteiger partial charge in [-0.3, -0.25) is 4.79 Å². The van der Waals surface area contributed by atoms with Crippen molar-refractivity contribution in [2.24, 2.45) is 0 Å². The Bertz CT molecular complexity index is 1650. The highest BCUT2D eigenvalue weighted by Gasteiger charge is 2.21. The van der Waals surface area contributed by atoms with Crippen LogP contribution in [0.1, 0.15) is 40.0 Å². The number of anilines is 1. The number of hydrogen-bond donors (Lipinski definition) is 2. The number of carboxylic acid groups (broad SMARTS) is 1. The second kappa shape index (κ2) is 9.43. The van der Waals surface area contributed by atoms with Crippen LogP contribution in [-0.4, -0.2) is 16.1 Å². The van der Waals surface area contributed by atoms with Gasteiger partial charge in [-0.15, -0.1) is 11.3 Å². The summed E-state index contributed by atoms with van der Waals surface area (Å²) < 4.78 is 6.45. The predicted molar refractivity (Wildman–Crippen MR) is 144 cm³/mol. The molecule has 0 aliphatic rings. The molecule has 0 saturated carbocycles. The summed E-state index contributed by atoms with van der Waals surface area (Å²) in [5, 5.41) is 14.2. The third-order valence-corrected chi connectivity index (χ3v) is 7.18. The maximum atomic E-state index is 13.5. The molecule has 2 heterocycles. The van der Waals surface area contributed by atoms with Crippen molar-refractivity contribution in [3.05, 3.63) is 105 Å². The first-order valence-electron chi connectivity index (χ1n) is 11.5. The summed E-state index contributed by atoms with van der Waals surface area (Å²) in [5.74, 6) is -0.515. The lowest BCUT2D eigenvalue weighted by molar-refractivity contribution is 0.0698. The first-order chi connectivity index (χ1) is 17.3. The molecule has 0 aliphatic heterocycles. The summed E-state index contributed by atoms with van der Waals surface area (Å²) in [7, 11) is 0. The van der Waals surface area contributed by atoms with Crippen LogP contribution in [0.15, 0.2) is 82.1 Å². The summed E-state index contributed by atoms with van der Waals surface area (Å²) in [6.07, 6.45) is 1.74. The second-order valence-electron chi connectivity index (χ2n) is 8.73. The van der Waals surface area contributed by atoms with Crippen molar-refractivity contribution in [3.8, 4) is 21.2 Å². The molecule has 180 valence electrons. The van der Waals surface area contributed by atoms with Crippen LogP contribution in [0.4, 0.5) is 5.69 Å². The number of nitrogens with zero attached hydrogens (tertiary/aromatic N) is 1. The van der Waals surface area contributed by atoms with E-state index in [1.807, 2.05) is 56.3 Å². The number of rotatable bonds is 6. The lowest BCUT2D eigenvalue weighted by Gasteiger charge is -2.19. The lowest BCUT2D eigenvalue weighted by Crippen LogP contribution is -2.13. The van der Waals surface area contributed by atoms with Crippen molar-refractivity contribution in [2.75, 3.05) is 5.32 Å². The van der Waals surface area contributed by atoms with Crippen molar-refractivity contribution < 1.29 is 14.3 Å². The molecule has 1 atom stereocenters. The Morgan fingerprint density at radius 1 is 1.06 bits per heavy atom. The normalized spacial score (nSPS) is 12.0. The maximum absolute atomic E-state index is 13.5. The van der Waals surface area contributed by atoms with Crippen LogP contribution in [0, 0.1) is 13.8 Å². The van der Waals surface area contributed by atoms with Gasteiger partial charge in [0, 0.05) is 28.6 Å². The van der Waals surface area contributed by atoms with Crippen LogP contribution in [0.2, 0.25) is 0 Å². The third-order valence-electron chi connectivity index (χ3n) is 6.14. The van der Waals surface area contributed by atoms with Gasteiger partial charge in [-0.1, -0.05) is 48.5 Å². The van der Waals surface area contributed by atoms with E-state index < -0.39 is 5.97 Å². The SMILES string of the molecule is Cc1cc([C@@H](C)Nc2ccccc2C(=O)O)c2oc(-c3cnc(-c4ccccc4)s3)c(C)c(=O)c2c1. The average Bonchev–Trinajstić information content (AvgIpc) is 3.37. The first kappa shape index (κ1) is 23.5. The zero-order valence-corrected chi connectivity index (χ0v) is 20.8. The van der Waals surface area contributed by atoms with Gasteiger partial charge in [0.25, 0.3) is 0 Å². The molecule has 5 aromatic rings. The molecule has 5 rings (SSSR count). The van der Waals surface area contributed by atoms with Crippen LogP contribution in [0.3, 0.4) is 0 Å². The van der Waals surface area contributed by atoms with Crippen LogP contribution in [0.25, 0.3) is 32.2 Å². The van der Waals surface area contributed by atoms with Crippen LogP contribution in [-0.2, 0) is 0 Å². The van der Waals surface area contributed by atoms with E-state index in [-0.39, 0.29) is 17.0 Å². The smallest absolute Gasteiger partial charge is 0.337 e. The van der Waals surface area contributed by atoms with Crippen molar-refractivity contribution in [1.29, 1.82) is 0 Å². The Labute approximate surface area is 211 Å². The number of benzene rings is 3. The molecule has 36 heavy (non-hydrogen) atoms. The minimum Gasteiger partial charge on any atom is -0.478 e. The second-order valence-corrected chi connectivity index (χ2v) is 9.76. The van der Waals surface area contributed by atoms with Gasteiger partial charge in [0.1, 0.15) is 10.6 Å². The fourth-order valence-electron chi connectivity index (χ4n) is 4.32. The summed E-state index contributed by atoms with van der Waals surface area (Å²) in [6.45, 7) is 5.63. The van der Waals surface area contributed by atoms with E-state index in [4.69, 9.17) is 4.42 Å². The number of aryl methyl sites for hydroxylation is 1. The van der Waals surface area contributed by atoms with E-state index >= 15 is 0 Å². The molecule has 0 spiro atoms. The Morgan fingerprint density at radius 2 is 1.78 bits per heavy atom. The monoisotopic (exact) mass is 496 g/mol. The minimum atomic E-state index is -1.01. The molecule has 0 fully saturated rings. The van der Waals surface area contributed by atoms with Gasteiger partial charge < -0.3 is 14.8 Å². The van der Waals surface area contributed by atoms with Crippen molar-refractivity contribution in [3.63, 3.8) is 0 Å². The highest BCUT2D eigenvalue weighted by molar-refractivity contribution is 7.18. The van der Waals surface area contributed by atoms with Gasteiger partial charge in [-0.2, -0.15) is 0 Å². The molecular weight excluding hydrogens is 472 g/mol. The van der Waals surface area contributed by atoms with Gasteiger partial charge in [0.15, 0.2) is 11.2 Å². The molecule has 0 unspecified atom stereocenters. The van der Waals surface area contributed by atoms with E-state index in [0.717, 1.165) is 26.6 Å². The summed E-state index contributed by atoms with van der Waals surface area (Å²) in [5.41, 5.74) is 4.28. The van der Waals surface area contributed by atoms with E-state index in [9.17, 15) is 14.7 Å². The van der Waals surface area contributed by atoms with Crippen LogP contribution < -0.4 is 10.7 Å². The molecule has 0 saturated heterocycles. The van der Waals surface area contributed by atoms with E-state index in [1.165, 1.54) is 11.3 Å². The minimum absolute atomic E-state index is 0.0935. The molecule has 0 aliphatic carbocycles. The number of carboxylic acids is 1. The van der Waals surface area contributed by atoms with Crippen molar-refractivity contribution in [1.82, 2.24) is 4.98 Å². The van der Waals surface area contributed by atoms with Crippen molar-refractivity contribution in [2.45, 2.75) is 26.8 Å². The molecule has 0 amide bonds. The Morgan fingerprint density at radius 3 is 2.53 bits per heavy atom. The van der Waals surface area contributed by atoms with Gasteiger partial charge in [-0.25, -0.2) is 9.78 Å². The fraction of sp³-hybridized carbons (Fsp3) is 0.138. The van der Waals surface area contributed by atoms with E-state index in [0.29, 0.717) is 28.0 Å². The Hall–Kier alpha value is -4.23. The van der Waals surface area contributed by atoms with Gasteiger partial charge in [0.05, 0.1) is 21.9 Å². The molecule has 2 N–H and O–H groups in total. The first-order valence-corrected chi connectivity index (χ1v) is 12.3. The predicted octanol–water partition coefficient (Wildman–Crippen LogP) is 7.07. The molecule has 3 aromatic carbocycles. The molecule has 2 aromatic heterocycles. The molecule has 0 radical (unpaired) electrons. The maximum Gasteiger partial charge on any atom is 0.337 e. The Kier molecular flexibility index (Phi) is 6.16. The average molecular weight is 497 g/mol. The summed E-state index contributed by atoms with van der Waals surface area (Å²) >= 11 is 1.47. The number of nitrogens with one attached hydrogen (secondary N) is 1. The van der Waals surface area contributed by atoms with Crippen molar-refractivity contribution >= 4 is 34.0 Å². The Balaban J connectivity index is 1.63. The fourth-order valence-corrected chi connectivity index (χ4v) is 5.28. The summed E-state index contributed by atoms with van der Waals surface area (Å²) in [4.78, 5) is 30.5. The molecule has 7 heteroatoms. The van der Waals surface area contributed by atoms with Crippen LogP contribution in [0.5, 0.6) is 0 Å². The quantitative estimate of drug-likeness (QED) is 0.261. The number of aromatic carboxylic acids is 1. The zero-order valence-electron chi connectivity index (χ0n) is 20.0. The topological polar surface area (TPSA) is 92.4 Å². The number of para-hydroxylation sites is 1. The number of fused-ring (bicyclic) bond motifs is 1. The zero-order chi connectivity index (χ0) is 25.4. The summed E-state index contributed by atoms with van der Waals surface area (Å²) in [6, 6.07) is 20.1. The van der Waals surface area contributed by atoms with E-state index in [2.05, 4.69) is 10.3 Å². The van der Waals surface area contributed by atoms with Gasteiger partial charge >= 0.3 is 5.97 Å². The highest BCUT2D eigenvalue weighted by atomic mass is 32.1. The number of carbonyl (C=O) groups is 1. The van der Waals surface area contributed by atoms with Gasteiger partial charge in [-0.05, 0) is 44.5 Å². The highest BCUT2D eigenvalue weighted by Crippen LogP contribution is 2.36. The number of aromatic nitrogens is 1. The largest absolute Gasteiger partial charge is 0.478 e. The number of hydrogen-bond acceptors (Lipinski definition) is 6. The molecule has 0 bridgehead atoms. The lowest BCUT2D eigenvalue weighted by atomic mass is 9.99. The standard InChI is InChI=1S/C29H24N2O4S/c1-16-13-21(18(3)31-23-12-8-7-11-20(23)29(33)34)27-22(14-16)25(32)17(2)26(35-27)24-15-30-28(36-24)19-9-5-4-6-10-19/h4-15,18,31H,1-3H3,(H,33,34)/t18-/m1/s1.